The summed E-state index contributed by atoms with van der Waals surface area (Å²) in [5, 5.41) is 2.97. The average Bonchev–Trinajstić information content (AvgIpc) is 3.42. The molecule has 3 heterocycles. The van der Waals surface area contributed by atoms with Crippen molar-refractivity contribution in [3.05, 3.63) is 58.4 Å². The van der Waals surface area contributed by atoms with E-state index in [0.29, 0.717) is 31.2 Å². The molecule has 2 aliphatic rings. The van der Waals surface area contributed by atoms with E-state index in [1.165, 1.54) is 17.3 Å². The maximum Gasteiger partial charge on any atom is 0.351 e. The summed E-state index contributed by atoms with van der Waals surface area (Å²) in [5.74, 6) is -1.12. The third kappa shape index (κ3) is 7.27. The highest BCUT2D eigenvalue weighted by atomic mass is 32.2. The highest BCUT2D eigenvalue weighted by Crippen LogP contribution is 2.51. The summed E-state index contributed by atoms with van der Waals surface area (Å²) >= 11 is 1.34. The van der Waals surface area contributed by atoms with E-state index in [9.17, 15) is 18.5 Å². The van der Waals surface area contributed by atoms with E-state index in [2.05, 4.69) is 22.2 Å². The Morgan fingerprint density at radius 2 is 2.03 bits per heavy atom. The molecular formula is C25H35FN5O6PS. The molecule has 2 aliphatic heterocycles. The SMILES string of the molecule is CCOC(=O)[C@H](CC)NP(=O)(OC[C@@H]1O[C@H](n2cc(F)c(N)nc2=O)CS1)N1CCC(c2ccccc2)CC1. The summed E-state index contributed by atoms with van der Waals surface area (Å²) < 4.78 is 48.1. The maximum absolute atomic E-state index is 14.3. The van der Waals surface area contributed by atoms with Gasteiger partial charge in [-0.15, -0.1) is 11.8 Å². The number of nitrogen functional groups attached to an aromatic ring is 1. The van der Waals surface area contributed by atoms with Gasteiger partial charge in [0.1, 0.15) is 17.7 Å². The minimum absolute atomic E-state index is 0.0804. The summed E-state index contributed by atoms with van der Waals surface area (Å²) in [7, 11) is -3.70. The Labute approximate surface area is 231 Å². The average molecular weight is 584 g/mol. The molecular weight excluding hydrogens is 548 g/mol. The molecule has 0 bridgehead atoms. The van der Waals surface area contributed by atoms with Crippen LogP contribution in [-0.4, -0.2) is 63.7 Å². The summed E-state index contributed by atoms with van der Waals surface area (Å²) in [4.78, 5) is 28.2. The first-order chi connectivity index (χ1) is 18.7. The van der Waals surface area contributed by atoms with Crippen molar-refractivity contribution in [2.45, 2.75) is 56.7 Å². The Bertz CT molecular complexity index is 1230. The van der Waals surface area contributed by atoms with Crippen molar-refractivity contribution in [2.75, 3.05) is 37.8 Å². The van der Waals surface area contributed by atoms with Crippen LogP contribution in [0.2, 0.25) is 0 Å². The third-order valence-electron chi connectivity index (χ3n) is 6.78. The lowest BCUT2D eigenvalue weighted by Gasteiger charge is -2.38. The van der Waals surface area contributed by atoms with Gasteiger partial charge in [-0.25, -0.2) is 18.9 Å². The number of carbonyl (C=O) groups excluding carboxylic acids is 1. The van der Waals surface area contributed by atoms with Crippen LogP contribution in [0.4, 0.5) is 10.2 Å². The van der Waals surface area contributed by atoms with Crippen molar-refractivity contribution < 1.29 is 27.7 Å². The summed E-state index contributed by atoms with van der Waals surface area (Å²) in [6.07, 6.45) is 2.11. The van der Waals surface area contributed by atoms with Gasteiger partial charge >= 0.3 is 19.3 Å². The smallest absolute Gasteiger partial charge is 0.351 e. The molecule has 214 valence electrons. The zero-order chi connectivity index (χ0) is 28.0. The van der Waals surface area contributed by atoms with E-state index in [4.69, 9.17) is 19.7 Å². The van der Waals surface area contributed by atoms with Crippen molar-refractivity contribution in [1.82, 2.24) is 19.3 Å². The molecule has 0 spiro atoms. The molecule has 2 saturated heterocycles. The Balaban J connectivity index is 1.45. The second kappa shape index (κ2) is 13.4. The lowest BCUT2D eigenvalue weighted by Crippen LogP contribution is -2.43. The van der Waals surface area contributed by atoms with Gasteiger partial charge < -0.3 is 19.7 Å². The number of anilines is 1. The number of carbonyl (C=O) groups is 1. The van der Waals surface area contributed by atoms with Crippen LogP contribution in [0.5, 0.6) is 0 Å². The molecule has 3 N–H and O–H groups in total. The van der Waals surface area contributed by atoms with Gasteiger partial charge in [-0.3, -0.25) is 13.9 Å². The molecule has 0 radical (unpaired) electrons. The minimum atomic E-state index is -3.70. The van der Waals surface area contributed by atoms with Crippen LogP contribution in [0.25, 0.3) is 0 Å². The molecule has 11 nitrogen and oxygen atoms in total. The lowest BCUT2D eigenvalue weighted by atomic mass is 9.90. The van der Waals surface area contributed by atoms with Crippen LogP contribution in [0.1, 0.15) is 50.8 Å². The number of esters is 1. The number of nitrogens with one attached hydrogen (secondary N) is 1. The first kappa shape index (κ1) is 29.7. The fourth-order valence-electron chi connectivity index (χ4n) is 4.64. The Morgan fingerprint density at radius 1 is 1.31 bits per heavy atom. The van der Waals surface area contributed by atoms with Gasteiger partial charge in [-0.05, 0) is 37.7 Å². The zero-order valence-corrected chi connectivity index (χ0v) is 23.7. The predicted octanol–water partition coefficient (Wildman–Crippen LogP) is 3.49. The van der Waals surface area contributed by atoms with E-state index >= 15 is 0 Å². The molecule has 39 heavy (non-hydrogen) atoms. The number of benzene rings is 1. The molecule has 14 heteroatoms. The molecule has 0 amide bonds. The first-order valence-electron chi connectivity index (χ1n) is 13.0. The number of thioether (sulfide) groups is 1. The zero-order valence-electron chi connectivity index (χ0n) is 22.0. The van der Waals surface area contributed by atoms with Crippen LogP contribution in [0.15, 0.2) is 41.3 Å². The highest BCUT2D eigenvalue weighted by molar-refractivity contribution is 8.00. The number of nitrogens with two attached hydrogens (primary N) is 1. The molecule has 2 aromatic rings. The van der Waals surface area contributed by atoms with Crippen molar-refractivity contribution in [3.8, 4) is 0 Å². The number of piperidine rings is 1. The van der Waals surface area contributed by atoms with Gasteiger partial charge in [-0.2, -0.15) is 4.98 Å². The molecule has 0 aliphatic carbocycles. The second-order valence-corrected chi connectivity index (χ2v) is 12.6. The van der Waals surface area contributed by atoms with Gasteiger partial charge in [0.2, 0.25) is 0 Å². The monoisotopic (exact) mass is 583 g/mol. The molecule has 4 rings (SSSR count). The van der Waals surface area contributed by atoms with E-state index in [0.717, 1.165) is 23.6 Å². The number of hydrogen-bond acceptors (Lipinski definition) is 9. The first-order valence-corrected chi connectivity index (χ1v) is 15.7. The van der Waals surface area contributed by atoms with Crippen molar-refractivity contribution in [1.29, 1.82) is 0 Å². The van der Waals surface area contributed by atoms with E-state index < -0.39 is 48.7 Å². The van der Waals surface area contributed by atoms with E-state index in [1.54, 1.807) is 18.5 Å². The minimum Gasteiger partial charge on any atom is -0.465 e. The van der Waals surface area contributed by atoms with Crippen LogP contribution >= 0.6 is 19.4 Å². The Morgan fingerprint density at radius 3 is 2.69 bits per heavy atom. The summed E-state index contributed by atoms with van der Waals surface area (Å²) in [6, 6.07) is 9.39. The van der Waals surface area contributed by atoms with Crippen molar-refractivity contribution in [2.24, 2.45) is 0 Å². The van der Waals surface area contributed by atoms with Crippen LogP contribution in [0, 0.1) is 5.82 Å². The fraction of sp³-hybridized carbons (Fsp3) is 0.560. The van der Waals surface area contributed by atoms with Crippen molar-refractivity contribution in [3.63, 3.8) is 0 Å². The summed E-state index contributed by atoms with van der Waals surface area (Å²) in [6.45, 7) is 4.67. The number of rotatable bonds is 11. The predicted molar refractivity (Wildman–Crippen MR) is 147 cm³/mol. The lowest BCUT2D eigenvalue weighted by molar-refractivity contribution is -0.145. The van der Waals surface area contributed by atoms with Crippen LogP contribution in [0.3, 0.4) is 0 Å². The van der Waals surface area contributed by atoms with Gasteiger partial charge in [-0.1, -0.05) is 37.3 Å². The fourth-order valence-corrected chi connectivity index (χ4v) is 7.91. The standard InChI is InChI=1S/C25H35FN5O6PS/c1-3-20(24(32)35-4-2)29-38(34,30-12-10-18(11-13-30)17-8-6-5-7-9-17)36-15-22-37-21(16-39-22)31-14-19(26)23(27)28-25(31)33/h5-9,14,18,20-22H,3-4,10-13,15-16H2,1-2H3,(H,29,34)(H2,27,28,33)/t20-,21-,22+,38?/m0/s1. The molecule has 4 atom stereocenters. The summed E-state index contributed by atoms with van der Waals surface area (Å²) in [5.41, 5.74) is 5.31. The molecule has 0 saturated carbocycles. The molecule has 2 fully saturated rings. The van der Waals surface area contributed by atoms with Crippen LogP contribution < -0.4 is 16.5 Å². The van der Waals surface area contributed by atoms with Crippen molar-refractivity contribution >= 4 is 31.2 Å². The van der Waals surface area contributed by atoms with Gasteiger partial charge in [0.05, 0.1) is 19.4 Å². The normalized spacial score (nSPS) is 22.8. The van der Waals surface area contributed by atoms with E-state index in [-0.39, 0.29) is 13.2 Å². The maximum atomic E-state index is 14.3. The molecule has 1 aromatic carbocycles. The number of nitrogens with zero attached hydrogens (tertiary/aromatic N) is 3. The van der Waals surface area contributed by atoms with E-state index in [1.807, 2.05) is 18.2 Å². The van der Waals surface area contributed by atoms with Gasteiger partial charge in [0.15, 0.2) is 11.6 Å². The number of halogens is 1. The Kier molecular flexibility index (Phi) is 10.2. The molecule has 1 aromatic heterocycles. The van der Waals surface area contributed by atoms with Crippen LogP contribution in [-0.2, 0) is 23.4 Å². The number of ether oxygens (including phenoxy) is 2. The topological polar surface area (TPSA) is 138 Å². The van der Waals surface area contributed by atoms with Gasteiger partial charge in [0.25, 0.3) is 0 Å². The quantitative estimate of drug-likeness (QED) is 0.297. The number of aromatic nitrogens is 2. The van der Waals surface area contributed by atoms with Gasteiger partial charge in [0, 0.05) is 18.8 Å². The third-order valence-corrected chi connectivity index (χ3v) is 10.2. The largest absolute Gasteiger partial charge is 0.465 e. The number of hydrogen-bond donors (Lipinski definition) is 2. The second-order valence-electron chi connectivity index (χ2n) is 9.31. The highest BCUT2D eigenvalue weighted by Gasteiger charge is 2.40. The Hall–Kier alpha value is -2.28. The molecule has 1 unspecified atom stereocenters.